The molecule has 1 aliphatic carbocycles. The number of aldehydes is 1. The molecule has 0 fully saturated rings. The van der Waals surface area contributed by atoms with Crippen molar-refractivity contribution in [2.75, 3.05) is 0 Å². The second kappa shape index (κ2) is 3.70. The summed E-state index contributed by atoms with van der Waals surface area (Å²) in [5, 5.41) is 0. The molecule has 12 heavy (non-hydrogen) atoms. The van der Waals surface area contributed by atoms with Gasteiger partial charge in [0.1, 0.15) is 6.29 Å². The van der Waals surface area contributed by atoms with E-state index in [9.17, 15) is 4.79 Å². The maximum atomic E-state index is 10.7. The van der Waals surface area contributed by atoms with Crippen molar-refractivity contribution in [1.82, 2.24) is 0 Å². The van der Waals surface area contributed by atoms with E-state index in [1.807, 2.05) is 12.2 Å². The zero-order valence-corrected chi connectivity index (χ0v) is 8.00. The quantitative estimate of drug-likeness (QED) is 0.573. The van der Waals surface area contributed by atoms with Gasteiger partial charge in [-0.1, -0.05) is 31.6 Å². The molecule has 1 atom stereocenters. The fourth-order valence-electron chi connectivity index (χ4n) is 1.64. The van der Waals surface area contributed by atoms with Gasteiger partial charge in [0.25, 0.3) is 0 Å². The Kier molecular flexibility index (Phi) is 2.85. The fraction of sp³-hybridized carbons (Fsp3) is 0.545. The third-order valence-corrected chi connectivity index (χ3v) is 2.47. The molecule has 0 radical (unpaired) electrons. The van der Waals surface area contributed by atoms with Gasteiger partial charge in [-0.2, -0.15) is 0 Å². The van der Waals surface area contributed by atoms with Crippen LogP contribution in [0, 0.1) is 11.8 Å². The summed E-state index contributed by atoms with van der Waals surface area (Å²) in [4.78, 5) is 10.7. The Labute approximate surface area is 74.2 Å². The van der Waals surface area contributed by atoms with Crippen molar-refractivity contribution < 1.29 is 4.79 Å². The van der Waals surface area contributed by atoms with Gasteiger partial charge in [-0.05, 0) is 30.8 Å². The molecule has 0 bridgehead atoms. The van der Waals surface area contributed by atoms with Crippen LogP contribution in [0.3, 0.4) is 0 Å². The number of allylic oxidation sites excluding steroid dienone is 4. The Morgan fingerprint density at radius 3 is 2.67 bits per heavy atom. The second-order valence-corrected chi connectivity index (χ2v) is 3.85. The molecule has 0 saturated heterocycles. The van der Waals surface area contributed by atoms with Crippen molar-refractivity contribution in [2.24, 2.45) is 11.8 Å². The summed E-state index contributed by atoms with van der Waals surface area (Å²) in [7, 11) is 0. The van der Waals surface area contributed by atoms with Crippen LogP contribution in [0.4, 0.5) is 0 Å². The molecule has 0 aromatic heterocycles. The van der Waals surface area contributed by atoms with Gasteiger partial charge in [0, 0.05) is 0 Å². The summed E-state index contributed by atoms with van der Waals surface area (Å²) < 4.78 is 0. The van der Waals surface area contributed by atoms with E-state index < -0.39 is 0 Å². The van der Waals surface area contributed by atoms with E-state index in [0.717, 1.165) is 18.3 Å². The minimum Gasteiger partial charge on any atom is -0.298 e. The van der Waals surface area contributed by atoms with Gasteiger partial charge in [-0.25, -0.2) is 0 Å². The molecular formula is C11H16O. The fourth-order valence-corrected chi connectivity index (χ4v) is 1.64. The highest BCUT2D eigenvalue weighted by molar-refractivity contribution is 5.75. The Bertz CT molecular complexity index is 233. The minimum atomic E-state index is 0.437. The minimum absolute atomic E-state index is 0.437. The highest BCUT2D eigenvalue weighted by Gasteiger charge is 2.20. The molecule has 0 heterocycles. The first-order valence-corrected chi connectivity index (χ1v) is 4.47. The van der Waals surface area contributed by atoms with E-state index in [1.165, 1.54) is 5.57 Å². The van der Waals surface area contributed by atoms with E-state index in [0.29, 0.717) is 11.8 Å². The summed E-state index contributed by atoms with van der Waals surface area (Å²) >= 11 is 0. The van der Waals surface area contributed by atoms with Gasteiger partial charge >= 0.3 is 0 Å². The topological polar surface area (TPSA) is 17.1 Å². The normalized spacial score (nSPS) is 23.5. The van der Waals surface area contributed by atoms with E-state index in [-0.39, 0.29) is 0 Å². The number of hydrogen-bond acceptors (Lipinski definition) is 1. The van der Waals surface area contributed by atoms with E-state index in [2.05, 4.69) is 20.8 Å². The third kappa shape index (κ3) is 1.84. The van der Waals surface area contributed by atoms with Crippen LogP contribution in [-0.2, 0) is 4.79 Å². The first-order valence-electron chi connectivity index (χ1n) is 4.47. The van der Waals surface area contributed by atoms with Crippen LogP contribution in [0.1, 0.15) is 27.2 Å². The van der Waals surface area contributed by atoms with Crippen molar-refractivity contribution in [3.05, 3.63) is 23.3 Å². The molecule has 0 spiro atoms. The number of carbonyl (C=O) groups excluding carboxylic acids is 1. The maximum absolute atomic E-state index is 10.7. The number of carbonyl (C=O) groups is 1. The lowest BCUT2D eigenvalue weighted by atomic mass is 9.81. The standard InChI is InChI=1S/C11H16O/c1-8(2)11-6-9(3)4-5-10(11)7-12/h4-5,7-8,11H,6H2,1-3H3/t11-/m0/s1. The Hall–Kier alpha value is -0.850. The average Bonchev–Trinajstić information content (AvgIpc) is 2.04. The molecule has 0 N–H and O–H groups in total. The number of rotatable bonds is 2. The summed E-state index contributed by atoms with van der Waals surface area (Å²) in [5.74, 6) is 0.998. The molecule has 0 saturated carbocycles. The molecule has 0 amide bonds. The predicted molar refractivity (Wildman–Crippen MR) is 50.8 cm³/mol. The van der Waals surface area contributed by atoms with Crippen molar-refractivity contribution in [1.29, 1.82) is 0 Å². The number of hydrogen-bond donors (Lipinski definition) is 0. The van der Waals surface area contributed by atoms with Gasteiger partial charge in [0.05, 0.1) is 0 Å². The maximum Gasteiger partial charge on any atom is 0.146 e. The van der Waals surface area contributed by atoms with Crippen LogP contribution in [0.15, 0.2) is 23.3 Å². The molecule has 1 rings (SSSR count). The van der Waals surface area contributed by atoms with Gasteiger partial charge in [-0.3, -0.25) is 4.79 Å². The molecule has 0 unspecified atom stereocenters. The van der Waals surface area contributed by atoms with Crippen LogP contribution in [0.5, 0.6) is 0 Å². The first-order chi connectivity index (χ1) is 5.65. The highest BCUT2D eigenvalue weighted by atomic mass is 16.1. The van der Waals surface area contributed by atoms with E-state index in [4.69, 9.17) is 0 Å². The highest BCUT2D eigenvalue weighted by Crippen LogP contribution is 2.29. The molecule has 0 aromatic carbocycles. The third-order valence-electron chi connectivity index (χ3n) is 2.47. The van der Waals surface area contributed by atoms with Gasteiger partial charge in [-0.15, -0.1) is 0 Å². The summed E-state index contributed by atoms with van der Waals surface area (Å²) in [6, 6.07) is 0. The van der Waals surface area contributed by atoms with E-state index in [1.54, 1.807) is 0 Å². The predicted octanol–water partition coefficient (Wildman–Crippen LogP) is 2.73. The van der Waals surface area contributed by atoms with Crippen LogP contribution in [-0.4, -0.2) is 6.29 Å². The van der Waals surface area contributed by atoms with Crippen molar-refractivity contribution in [3.63, 3.8) is 0 Å². The molecule has 66 valence electrons. The molecule has 0 aromatic rings. The lowest BCUT2D eigenvalue weighted by molar-refractivity contribution is -0.105. The summed E-state index contributed by atoms with van der Waals surface area (Å²) in [6.45, 7) is 6.45. The molecule has 1 aliphatic rings. The zero-order valence-electron chi connectivity index (χ0n) is 8.00. The Balaban J connectivity index is 2.84. The molecular weight excluding hydrogens is 148 g/mol. The van der Waals surface area contributed by atoms with Gasteiger partial charge in [0.15, 0.2) is 0 Å². The van der Waals surface area contributed by atoms with Crippen molar-refractivity contribution in [2.45, 2.75) is 27.2 Å². The zero-order chi connectivity index (χ0) is 9.14. The lowest BCUT2D eigenvalue weighted by Gasteiger charge is -2.23. The van der Waals surface area contributed by atoms with Crippen molar-refractivity contribution >= 4 is 6.29 Å². The first kappa shape index (κ1) is 9.24. The molecule has 0 aliphatic heterocycles. The van der Waals surface area contributed by atoms with E-state index >= 15 is 0 Å². The Morgan fingerprint density at radius 2 is 2.17 bits per heavy atom. The molecule has 1 nitrogen and oxygen atoms in total. The van der Waals surface area contributed by atoms with Crippen LogP contribution in [0.25, 0.3) is 0 Å². The Morgan fingerprint density at radius 1 is 1.50 bits per heavy atom. The van der Waals surface area contributed by atoms with Gasteiger partial charge < -0.3 is 0 Å². The monoisotopic (exact) mass is 164 g/mol. The van der Waals surface area contributed by atoms with Crippen LogP contribution >= 0.6 is 0 Å². The van der Waals surface area contributed by atoms with Gasteiger partial charge in [0.2, 0.25) is 0 Å². The van der Waals surface area contributed by atoms with Crippen molar-refractivity contribution in [3.8, 4) is 0 Å². The average molecular weight is 164 g/mol. The lowest BCUT2D eigenvalue weighted by Crippen LogP contribution is -2.15. The smallest absolute Gasteiger partial charge is 0.146 e. The molecule has 1 heteroatoms. The summed E-state index contributed by atoms with van der Waals surface area (Å²) in [6.07, 6.45) is 6.04. The summed E-state index contributed by atoms with van der Waals surface area (Å²) in [5.41, 5.74) is 2.33. The van der Waals surface area contributed by atoms with Crippen LogP contribution < -0.4 is 0 Å². The largest absolute Gasteiger partial charge is 0.298 e. The van der Waals surface area contributed by atoms with Crippen LogP contribution in [0.2, 0.25) is 0 Å². The SMILES string of the molecule is CC1=CC=C(C=O)[C@H](C(C)C)C1. The second-order valence-electron chi connectivity index (χ2n) is 3.85.